The summed E-state index contributed by atoms with van der Waals surface area (Å²) in [6.45, 7) is -1.03. The SMILES string of the molecule is CN(CC(F)F)C(=O)Nc1cnn(CC(=O)O)c1. The number of carboxylic acids is 1. The summed E-state index contributed by atoms with van der Waals surface area (Å²) in [5.74, 6) is -1.08. The van der Waals surface area contributed by atoms with Crippen molar-refractivity contribution in [2.45, 2.75) is 13.0 Å². The average Bonchev–Trinajstić information content (AvgIpc) is 2.63. The van der Waals surface area contributed by atoms with E-state index >= 15 is 0 Å². The molecular weight excluding hydrogens is 250 g/mol. The Hall–Kier alpha value is -2.19. The van der Waals surface area contributed by atoms with Crippen LogP contribution in [0.25, 0.3) is 0 Å². The number of aromatic nitrogens is 2. The van der Waals surface area contributed by atoms with Gasteiger partial charge >= 0.3 is 12.0 Å². The number of nitrogens with one attached hydrogen (secondary N) is 1. The van der Waals surface area contributed by atoms with Crippen molar-refractivity contribution in [2.24, 2.45) is 0 Å². The Balaban J connectivity index is 2.54. The van der Waals surface area contributed by atoms with Gasteiger partial charge < -0.3 is 15.3 Å². The van der Waals surface area contributed by atoms with Crippen LogP contribution in [0.1, 0.15) is 0 Å². The number of alkyl halides is 2. The summed E-state index contributed by atoms with van der Waals surface area (Å²) in [5.41, 5.74) is 0.238. The number of aliphatic carboxylic acids is 1. The number of rotatable bonds is 5. The predicted octanol–water partition coefficient (Wildman–Crippen LogP) is 0.696. The molecule has 0 unspecified atom stereocenters. The maximum Gasteiger partial charge on any atom is 0.325 e. The number of carbonyl (C=O) groups excluding carboxylic acids is 1. The maximum atomic E-state index is 12.0. The Morgan fingerprint density at radius 1 is 1.61 bits per heavy atom. The molecule has 0 atom stereocenters. The number of hydrogen-bond acceptors (Lipinski definition) is 3. The Morgan fingerprint density at radius 3 is 2.83 bits per heavy atom. The largest absolute Gasteiger partial charge is 0.480 e. The van der Waals surface area contributed by atoms with Gasteiger partial charge in [-0.1, -0.05) is 0 Å². The molecule has 0 spiro atoms. The molecule has 1 aromatic heterocycles. The number of carboxylic acid groups (broad SMARTS) is 1. The fraction of sp³-hybridized carbons (Fsp3) is 0.444. The first-order chi connectivity index (χ1) is 8.38. The molecule has 0 aliphatic rings. The van der Waals surface area contributed by atoms with Crippen LogP contribution in [0.4, 0.5) is 19.3 Å². The highest BCUT2D eigenvalue weighted by Gasteiger charge is 2.14. The summed E-state index contributed by atoms with van der Waals surface area (Å²) in [6, 6.07) is -0.717. The molecule has 1 heterocycles. The standard InChI is InChI=1S/C9H12F2N4O3/c1-14(4-7(10)11)9(18)13-6-2-12-15(3-6)5-8(16)17/h2-3,7H,4-5H2,1H3,(H,13,18)(H,16,17). The van der Waals surface area contributed by atoms with Crippen LogP contribution in [0, 0.1) is 0 Å². The van der Waals surface area contributed by atoms with Crippen LogP contribution in [0.2, 0.25) is 0 Å². The second-order valence-corrected chi connectivity index (χ2v) is 3.52. The lowest BCUT2D eigenvalue weighted by Crippen LogP contribution is -2.34. The molecular formula is C9H12F2N4O3. The van der Waals surface area contributed by atoms with Crippen molar-refractivity contribution in [1.29, 1.82) is 0 Å². The molecule has 0 bridgehead atoms. The fourth-order valence-electron chi connectivity index (χ4n) is 1.16. The van der Waals surface area contributed by atoms with Gasteiger partial charge in [0.1, 0.15) is 6.54 Å². The molecule has 0 aromatic carbocycles. The lowest BCUT2D eigenvalue weighted by molar-refractivity contribution is -0.137. The topological polar surface area (TPSA) is 87.5 Å². The lowest BCUT2D eigenvalue weighted by Gasteiger charge is -2.16. The van der Waals surface area contributed by atoms with E-state index in [1.54, 1.807) is 0 Å². The van der Waals surface area contributed by atoms with Gasteiger partial charge in [0.15, 0.2) is 0 Å². The van der Waals surface area contributed by atoms with Gasteiger partial charge in [-0.05, 0) is 0 Å². The van der Waals surface area contributed by atoms with Crippen LogP contribution in [-0.2, 0) is 11.3 Å². The van der Waals surface area contributed by atoms with E-state index in [-0.39, 0.29) is 12.2 Å². The summed E-state index contributed by atoms with van der Waals surface area (Å²) in [7, 11) is 1.23. The first kappa shape index (κ1) is 13.9. The van der Waals surface area contributed by atoms with E-state index in [1.165, 1.54) is 19.4 Å². The van der Waals surface area contributed by atoms with Gasteiger partial charge in [-0.3, -0.25) is 9.48 Å². The Labute approximate surface area is 101 Å². The lowest BCUT2D eigenvalue weighted by atomic mass is 10.5. The van der Waals surface area contributed by atoms with Crippen LogP contribution >= 0.6 is 0 Å². The molecule has 0 fully saturated rings. The van der Waals surface area contributed by atoms with Crippen LogP contribution in [-0.4, -0.2) is 51.8 Å². The molecule has 0 saturated carbocycles. The van der Waals surface area contributed by atoms with Gasteiger partial charge in [-0.25, -0.2) is 13.6 Å². The highest BCUT2D eigenvalue weighted by molar-refractivity contribution is 5.88. The smallest absolute Gasteiger partial charge is 0.325 e. The van der Waals surface area contributed by atoms with Gasteiger partial charge in [0.2, 0.25) is 0 Å². The van der Waals surface area contributed by atoms with Crippen LogP contribution in [0.3, 0.4) is 0 Å². The number of carbonyl (C=O) groups is 2. The molecule has 2 amide bonds. The number of anilines is 1. The van der Waals surface area contributed by atoms with Gasteiger partial charge in [0.25, 0.3) is 6.43 Å². The van der Waals surface area contributed by atoms with Gasteiger partial charge in [-0.2, -0.15) is 5.10 Å². The number of halogens is 2. The van der Waals surface area contributed by atoms with Crippen LogP contribution in [0.15, 0.2) is 12.4 Å². The minimum atomic E-state index is -2.62. The third-order valence-corrected chi connectivity index (χ3v) is 1.94. The van der Waals surface area contributed by atoms with E-state index in [9.17, 15) is 18.4 Å². The van der Waals surface area contributed by atoms with Crippen molar-refractivity contribution in [1.82, 2.24) is 14.7 Å². The summed E-state index contributed by atoms with van der Waals surface area (Å²) in [4.78, 5) is 22.6. The number of nitrogens with zero attached hydrogens (tertiary/aromatic N) is 3. The maximum absolute atomic E-state index is 12.0. The molecule has 7 nitrogen and oxygen atoms in total. The molecule has 0 aliphatic heterocycles. The Bertz CT molecular complexity index is 435. The molecule has 0 radical (unpaired) electrons. The predicted molar refractivity (Wildman–Crippen MR) is 57.5 cm³/mol. The van der Waals surface area contributed by atoms with E-state index in [2.05, 4.69) is 10.4 Å². The molecule has 18 heavy (non-hydrogen) atoms. The number of hydrogen-bond donors (Lipinski definition) is 2. The highest BCUT2D eigenvalue weighted by Crippen LogP contribution is 2.06. The van der Waals surface area contributed by atoms with Gasteiger partial charge in [-0.15, -0.1) is 0 Å². The van der Waals surface area contributed by atoms with E-state index in [0.717, 1.165) is 9.58 Å². The Morgan fingerprint density at radius 2 is 2.28 bits per heavy atom. The minimum Gasteiger partial charge on any atom is -0.480 e. The molecule has 0 aliphatic carbocycles. The normalized spacial score (nSPS) is 10.4. The molecule has 100 valence electrons. The Kier molecular flexibility index (Phi) is 4.58. The van der Waals surface area contributed by atoms with Crippen molar-refractivity contribution in [3.63, 3.8) is 0 Å². The van der Waals surface area contributed by atoms with E-state index in [0.29, 0.717) is 0 Å². The quantitative estimate of drug-likeness (QED) is 0.817. The van der Waals surface area contributed by atoms with Crippen molar-refractivity contribution < 1.29 is 23.5 Å². The second-order valence-electron chi connectivity index (χ2n) is 3.52. The van der Waals surface area contributed by atoms with E-state index in [1.807, 2.05) is 0 Å². The third-order valence-electron chi connectivity index (χ3n) is 1.94. The monoisotopic (exact) mass is 262 g/mol. The summed E-state index contributed by atoms with van der Waals surface area (Å²) >= 11 is 0. The highest BCUT2D eigenvalue weighted by atomic mass is 19.3. The zero-order valence-corrected chi connectivity index (χ0v) is 9.51. The van der Waals surface area contributed by atoms with E-state index in [4.69, 9.17) is 5.11 Å². The fourth-order valence-corrected chi connectivity index (χ4v) is 1.16. The number of amides is 2. The molecule has 0 saturated heterocycles. The zero-order chi connectivity index (χ0) is 13.7. The first-order valence-electron chi connectivity index (χ1n) is 4.93. The minimum absolute atomic E-state index is 0.238. The zero-order valence-electron chi connectivity index (χ0n) is 9.51. The summed E-state index contributed by atoms with van der Waals surface area (Å²) in [5, 5.41) is 14.5. The molecule has 1 aromatic rings. The van der Waals surface area contributed by atoms with Gasteiger partial charge in [0.05, 0.1) is 18.4 Å². The van der Waals surface area contributed by atoms with Crippen molar-refractivity contribution in [2.75, 3.05) is 18.9 Å². The van der Waals surface area contributed by atoms with Crippen LogP contribution < -0.4 is 5.32 Å². The molecule has 1 rings (SSSR count). The number of urea groups is 1. The van der Waals surface area contributed by atoms with E-state index < -0.39 is 25.0 Å². The molecule has 2 N–H and O–H groups in total. The second kappa shape index (κ2) is 5.94. The third kappa shape index (κ3) is 4.36. The van der Waals surface area contributed by atoms with Crippen molar-refractivity contribution in [3.05, 3.63) is 12.4 Å². The van der Waals surface area contributed by atoms with Crippen LogP contribution in [0.5, 0.6) is 0 Å². The first-order valence-corrected chi connectivity index (χ1v) is 4.93. The summed E-state index contributed by atoms with van der Waals surface area (Å²) < 4.78 is 25.2. The molecule has 9 heteroatoms. The van der Waals surface area contributed by atoms with Crippen molar-refractivity contribution in [3.8, 4) is 0 Å². The van der Waals surface area contributed by atoms with Crippen molar-refractivity contribution >= 4 is 17.7 Å². The average molecular weight is 262 g/mol. The summed E-state index contributed by atoms with van der Waals surface area (Å²) in [6.07, 6.45) is -0.0882. The van der Waals surface area contributed by atoms with Gasteiger partial charge in [0, 0.05) is 13.2 Å².